The van der Waals surface area contributed by atoms with E-state index in [1.165, 1.54) is 4.58 Å². The fourth-order valence-corrected chi connectivity index (χ4v) is 1.73. The summed E-state index contributed by atoms with van der Waals surface area (Å²) in [6.45, 7) is 3.94. The maximum Gasteiger partial charge on any atom is 0.419 e. The second-order valence-corrected chi connectivity index (χ2v) is 4.88. The molecule has 0 spiro atoms. The molecule has 0 aliphatic carbocycles. The van der Waals surface area contributed by atoms with Gasteiger partial charge in [0.25, 0.3) is 0 Å². The zero-order valence-electron chi connectivity index (χ0n) is 11.8. The van der Waals surface area contributed by atoms with Gasteiger partial charge in [-0.25, -0.2) is 0 Å². The van der Waals surface area contributed by atoms with Crippen LogP contribution in [0.15, 0.2) is 0 Å². The highest BCUT2D eigenvalue weighted by Crippen LogP contribution is 2.14. The predicted octanol–water partition coefficient (Wildman–Crippen LogP) is 2.48. The van der Waals surface area contributed by atoms with E-state index in [2.05, 4.69) is 0 Å². The minimum absolute atomic E-state index is 0.258. The molecule has 120 valence electrons. The smallest absolute Gasteiger partial charge is 0.269 e. The van der Waals surface area contributed by atoms with Gasteiger partial charge in [0.05, 0.1) is 12.1 Å². The predicted molar refractivity (Wildman–Crippen MR) is 63.7 cm³/mol. The van der Waals surface area contributed by atoms with Gasteiger partial charge in [-0.3, -0.25) is 15.2 Å². The number of rotatable bonds is 4. The summed E-state index contributed by atoms with van der Waals surface area (Å²) in [5, 5.41) is 4.00. The molecular weight excluding hydrogens is 288 g/mol. The molecule has 0 unspecified atom stereocenters. The molecule has 3 nitrogen and oxygen atoms in total. The molecule has 2 N–H and O–H groups in total. The maximum absolute atomic E-state index is 12.2. The Morgan fingerprint density at radius 3 is 1.30 bits per heavy atom. The summed E-state index contributed by atoms with van der Waals surface area (Å²) in [6.07, 6.45) is -9.02. The van der Waals surface area contributed by atoms with E-state index in [1.807, 2.05) is 10.6 Å². The van der Waals surface area contributed by atoms with Crippen LogP contribution in [0.3, 0.4) is 0 Å². The first-order valence-corrected chi connectivity index (χ1v) is 6.10. The zero-order chi connectivity index (χ0) is 16.1. The van der Waals surface area contributed by atoms with E-state index in [-0.39, 0.29) is 18.0 Å². The molecule has 0 radical (unpaired) electrons. The molecule has 0 bridgehead atoms. The minimum Gasteiger partial charge on any atom is -0.269 e. The molecule has 0 heterocycles. The van der Waals surface area contributed by atoms with Crippen molar-refractivity contribution < 1.29 is 30.9 Å². The molecule has 9 heteroatoms. The number of alkyl halides is 6. The van der Waals surface area contributed by atoms with Crippen LogP contribution in [-0.4, -0.2) is 48.1 Å². The van der Waals surface area contributed by atoms with Crippen LogP contribution in [0, 0.1) is 0 Å². The van der Waals surface area contributed by atoms with Crippen LogP contribution in [0.2, 0.25) is 0 Å². The topological polar surface area (TPSA) is 27.1 Å². The van der Waals surface area contributed by atoms with Gasteiger partial charge in [0.1, 0.15) is 0 Å². The lowest BCUT2D eigenvalue weighted by atomic mass is 10.3. The molecule has 0 aliphatic heterocycles. The van der Waals surface area contributed by atoms with E-state index in [4.69, 9.17) is 0 Å². The second-order valence-electron chi connectivity index (χ2n) is 4.88. The van der Waals surface area contributed by atoms with Crippen molar-refractivity contribution in [2.45, 2.75) is 52.1 Å². The van der Waals surface area contributed by atoms with E-state index >= 15 is 0 Å². The van der Waals surface area contributed by atoms with Crippen molar-refractivity contribution in [3.63, 3.8) is 0 Å². The Kier molecular flexibility index (Phi) is 6.63. The third kappa shape index (κ3) is 8.11. The van der Waals surface area contributed by atoms with Gasteiger partial charge in [0.2, 0.25) is 0 Å². The van der Waals surface area contributed by atoms with Gasteiger partial charge in [0.15, 0.2) is 13.1 Å². The zero-order valence-corrected chi connectivity index (χ0v) is 11.8. The molecule has 0 aromatic heterocycles. The Labute approximate surface area is 114 Å². The van der Waals surface area contributed by atoms with Gasteiger partial charge < -0.3 is 0 Å². The maximum atomic E-state index is 12.2. The van der Waals surface area contributed by atoms with Crippen molar-refractivity contribution >= 4 is 5.96 Å². The first-order valence-electron chi connectivity index (χ1n) is 6.10. The molecule has 20 heavy (non-hydrogen) atoms. The van der Waals surface area contributed by atoms with Gasteiger partial charge in [-0.2, -0.15) is 26.3 Å². The molecular formula is C11H20F6N3+. The number of nitrogens with zero attached hydrogens (tertiary/aromatic N) is 1. The summed E-state index contributed by atoms with van der Waals surface area (Å²) in [4.78, 5) is 0. The molecule has 0 atom stereocenters. The number of hydrogen-bond donors (Lipinski definition) is 2. The monoisotopic (exact) mass is 308 g/mol. The van der Waals surface area contributed by atoms with E-state index in [9.17, 15) is 26.3 Å². The summed E-state index contributed by atoms with van der Waals surface area (Å²) in [5.41, 5.74) is 0. The number of nitrogens with one attached hydrogen (secondary N) is 2. The van der Waals surface area contributed by atoms with E-state index < -0.39 is 25.4 Å². The quantitative estimate of drug-likeness (QED) is 0.361. The van der Waals surface area contributed by atoms with Crippen LogP contribution >= 0.6 is 0 Å². The molecule has 0 fully saturated rings. The van der Waals surface area contributed by atoms with Gasteiger partial charge in [0, 0.05) is 0 Å². The molecule has 0 aromatic rings. The van der Waals surface area contributed by atoms with Crippen molar-refractivity contribution in [3.8, 4) is 0 Å². The molecule has 0 aromatic carbocycles. The van der Waals surface area contributed by atoms with Gasteiger partial charge in [-0.05, 0) is 27.7 Å². The second kappa shape index (κ2) is 7.03. The summed E-state index contributed by atoms with van der Waals surface area (Å²) >= 11 is 0. The summed E-state index contributed by atoms with van der Waals surface area (Å²) < 4.78 is 74.7. The van der Waals surface area contributed by atoms with Crippen LogP contribution in [0.1, 0.15) is 27.7 Å². The molecule has 0 rings (SSSR count). The third-order valence-electron chi connectivity index (χ3n) is 2.28. The molecule has 0 saturated carbocycles. The van der Waals surface area contributed by atoms with Crippen molar-refractivity contribution in [2.75, 3.05) is 13.1 Å². The lowest BCUT2D eigenvalue weighted by Gasteiger charge is -2.21. The van der Waals surface area contributed by atoms with Crippen molar-refractivity contribution in [1.29, 1.82) is 0 Å². The highest BCUT2D eigenvalue weighted by molar-refractivity contribution is 5.75. The number of hydrogen-bond acceptors (Lipinski definition) is 0. The van der Waals surface area contributed by atoms with E-state index in [0.29, 0.717) is 0 Å². The van der Waals surface area contributed by atoms with Gasteiger partial charge in [-0.15, -0.1) is 0 Å². The normalized spacial score (nSPS) is 12.8. The van der Waals surface area contributed by atoms with Crippen molar-refractivity contribution in [1.82, 2.24) is 10.6 Å². The summed E-state index contributed by atoms with van der Waals surface area (Å²) in [6, 6.07) is -0.516. The Balaban J connectivity index is 5.17. The Hall–Kier alpha value is -1.15. The fourth-order valence-electron chi connectivity index (χ4n) is 1.73. The van der Waals surface area contributed by atoms with Gasteiger partial charge in [-0.1, -0.05) is 0 Å². The molecule has 0 amide bonds. The first-order chi connectivity index (χ1) is 8.83. The van der Waals surface area contributed by atoms with Crippen LogP contribution in [0.5, 0.6) is 0 Å². The van der Waals surface area contributed by atoms with Crippen LogP contribution in [0.25, 0.3) is 0 Å². The molecule has 0 aliphatic rings. The summed E-state index contributed by atoms with van der Waals surface area (Å²) in [7, 11) is 0. The molecule has 0 saturated heterocycles. The number of halogens is 6. The standard InChI is InChI=1S/C11H19F6N3/c1-7(2)20(8(3)4)9(18-5-10(12,13)14)19-6-11(15,16)17/h7-8H,5-6H2,1-4H3,(H,18,19)/p+1. The van der Waals surface area contributed by atoms with E-state index in [0.717, 1.165) is 0 Å². The van der Waals surface area contributed by atoms with Crippen LogP contribution < -0.4 is 10.6 Å². The third-order valence-corrected chi connectivity index (χ3v) is 2.28. The lowest BCUT2D eigenvalue weighted by Crippen LogP contribution is -2.53. The Morgan fingerprint density at radius 1 is 0.800 bits per heavy atom. The summed E-state index contributed by atoms with van der Waals surface area (Å²) in [5.74, 6) is -0.273. The average molecular weight is 308 g/mol. The van der Waals surface area contributed by atoms with E-state index in [1.54, 1.807) is 27.7 Å². The fraction of sp³-hybridized carbons (Fsp3) is 0.909. The Morgan fingerprint density at radius 2 is 1.10 bits per heavy atom. The average Bonchev–Trinajstić information content (AvgIpc) is 2.17. The largest absolute Gasteiger partial charge is 0.419 e. The van der Waals surface area contributed by atoms with Crippen molar-refractivity contribution in [2.24, 2.45) is 0 Å². The number of guanidine groups is 1. The highest BCUT2D eigenvalue weighted by atomic mass is 19.4. The first kappa shape index (κ1) is 18.9. The van der Waals surface area contributed by atoms with Gasteiger partial charge >= 0.3 is 18.3 Å². The minimum atomic E-state index is -4.51. The highest BCUT2D eigenvalue weighted by Gasteiger charge is 2.34. The lowest BCUT2D eigenvalue weighted by molar-refractivity contribution is -0.591. The van der Waals surface area contributed by atoms with Crippen LogP contribution in [-0.2, 0) is 0 Å². The van der Waals surface area contributed by atoms with Crippen molar-refractivity contribution in [3.05, 3.63) is 0 Å². The SMILES string of the molecule is CC(C)[N+](=C(NCC(F)(F)F)NCC(F)(F)F)C(C)C. The van der Waals surface area contributed by atoms with Crippen LogP contribution in [0.4, 0.5) is 26.3 Å². The Bertz CT molecular complexity index is 300.